The van der Waals surface area contributed by atoms with E-state index in [0.29, 0.717) is 46.4 Å². The van der Waals surface area contributed by atoms with E-state index in [1.54, 1.807) is 0 Å². The Bertz CT molecular complexity index is 1600. The molecule has 2 fully saturated rings. The molecule has 0 aromatic carbocycles. The molecule has 234 valence electrons. The number of anilines is 2. The van der Waals surface area contributed by atoms with Crippen LogP contribution in [0.4, 0.5) is 15.2 Å². The minimum atomic E-state index is -0.994. The Balaban J connectivity index is 1.31. The fraction of sp³-hybridized carbons (Fsp3) is 0.625. The highest BCUT2D eigenvalue weighted by molar-refractivity contribution is 7.16. The molecule has 2 aliphatic carbocycles. The second-order valence-corrected chi connectivity index (χ2v) is 14.4. The molecule has 0 saturated carbocycles. The van der Waals surface area contributed by atoms with Gasteiger partial charge in [-0.3, -0.25) is 4.90 Å². The van der Waals surface area contributed by atoms with E-state index in [2.05, 4.69) is 30.1 Å². The monoisotopic (exact) mass is 620 g/mol. The van der Waals surface area contributed by atoms with Gasteiger partial charge in [-0.05, 0) is 91.5 Å². The maximum absolute atomic E-state index is 15.1. The highest BCUT2D eigenvalue weighted by atomic mass is 32.1. The van der Waals surface area contributed by atoms with Crippen LogP contribution in [0.25, 0.3) is 11.5 Å². The van der Waals surface area contributed by atoms with Crippen molar-refractivity contribution in [1.82, 2.24) is 24.9 Å². The molecular weight excluding hydrogens is 579 g/mol. The van der Waals surface area contributed by atoms with E-state index in [4.69, 9.17) is 25.0 Å². The van der Waals surface area contributed by atoms with E-state index >= 15 is 4.39 Å². The molecule has 5 heterocycles. The van der Waals surface area contributed by atoms with Gasteiger partial charge >= 0.3 is 0 Å². The predicted octanol–water partition coefficient (Wildman–Crippen LogP) is 4.56. The second-order valence-electron chi connectivity index (χ2n) is 13.2. The summed E-state index contributed by atoms with van der Waals surface area (Å²) in [6.07, 6.45) is 6.52. The molecule has 3 aromatic rings. The Morgan fingerprint density at radius 1 is 1.23 bits per heavy atom. The highest BCUT2D eigenvalue weighted by Gasteiger charge is 2.49. The van der Waals surface area contributed by atoms with Crippen LogP contribution in [-0.2, 0) is 18.3 Å². The number of likely N-dealkylation sites (N-methyl/N-ethyl adjacent to an activating group) is 2. The minimum Gasteiger partial charge on any atom is -0.473 e. The average molecular weight is 621 g/mol. The van der Waals surface area contributed by atoms with Crippen molar-refractivity contribution in [3.8, 4) is 23.5 Å². The number of fused-ring (bicyclic) bond motifs is 4. The number of hydrogen-bond donors (Lipinski definition) is 1. The van der Waals surface area contributed by atoms with Crippen molar-refractivity contribution >= 4 is 22.2 Å². The summed E-state index contributed by atoms with van der Waals surface area (Å²) in [5, 5.41) is 15.3. The predicted molar refractivity (Wildman–Crippen MR) is 168 cm³/mol. The van der Waals surface area contributed by atoms with Crippen molar-refractivity contribution in [3.05, 3.63) is 33.4 Å². The van der Waals surface area contributed by atoms with Crippen molar-refractivity contribution in [3.63, 3.8) is 0 Å². The topological polar surface area (TPSA) is 121 Å². The third-order valence-electron chi connectivity index (χ3n) is 10.4. The molecule has 7 rings (SSSR count). The number of nitrogens with zero attached hydrogens (tertiary/aromatic N) is 7. The van der Waals surface area contributed by atoms with Crippen LogP contribution in [0.2, 0.25) is 0 Å². The molecule has 2 N–H and O–H groups in total. The zero-order valence-electron chi connectivity index (χ0n) is 26.0. The molecule has 0 amide bonds. The smallest absolute Gasteiger partial charge is 0.219 e. The molecule has 44 heavy (non-hydrogen) atoms. The van der Waals surface area contributed by atoms with Gasteiger partial charge in [-0.25, -0.2) is 9.37 Å². The molecular formula is C32H41FN8O2S. The van der Waals surface area contributed by atoms with Gasteiger partial charge in [-0.2, -0.15) is 10.2 Å². The van der Waals surface area contributed by atoms with Crippen molar-refractivity contribution in [2.75, 3.05) is 51.4 Å². The number of likely N-dealkylation sites (tertiary alicyclic amines) is 1. The summed E-state index contributed by atoms with van der Waals surface area (Å²) < 4.78 is 27.9. The van der Waals surface area contributed by atoms with Crippen LogP contribution < -0.4 is 15.4 Å². The van der Waals surface area contributed by atoms with Gasteiger partial charge in [0.25, 0.3) is 0 Å². The number of aryl methyl sites for hydroxylation is 1. The van der Waals surface area contributed by atoms with Crippen molar-refractivity contribution in [2.45, 2.75) is 88.1 Å². The zero-order chi connectivity index (χ0) is 30.7. The average Bonchev–Trinajstić information content (AvgIpc) is 3.78. The van der Waals surface area contributed by atoms with Crippen molar-refractivity contribution < 1.29 is 13.7 Å². The van der Waals surface area contributed by atoms with E-state index in [0.717, 1.165) is 74.8 Å². The number of hydrogen-bond acceptors (Lipinski definition) is 11. The molecule has 5 atom stereocenters. The van der Waals surface area contributed by atoms with Crippen LogP contribution in [0.5, 0.6) is 5.88 Å². The molecule has 0 bridgehead atoms. The fourth-order valence-corrected chi connectivity index (χ4v) is 9.34. The van der Waals surface area contributed by atoms with Gasteiger partial charge in [-0.1, -0.05) is 5.16 Å². The van der Waals surface area contributed by atoms with Gasteiger partial charge in [0, 0.05) is 29.1 Å². The van der Waals surface area contributed by atoms with Crippen LogP contribution in [0.3, 0.4) is 0 Å². The van der Waals surface area contributed by atoms with Crippen LogP contribution in [0.15, 0.2) is 10.6 Å². The van der Waals surface area contributed by atoms with Gasteiger partial charge < -0.3 is 24.8 Å². The number of nitrogen functional groups attached to an aromatic ring is 1. The highest BCUT2D eigenvalue weighted by Crippen LogP contribution is 2.55. The number of ether oxygens (including phenoxy) is 1. The van der Waals surface area contributed by atoms with Gasteiger partial charge in [0.1, 0.15) is 29.2 Å². The first-order chi connectivity index (χ1) is 21.2. The molecule has 0 unspecified atom stereocenters. The molecule has 2 saturated heterocycles. The van der Waals surface area contributed by atoms with Gasteiger partial charge in [0.15, 0.2) is 17.3 Å². The van der Waals surface area contributed by atoms with E-state index in [9.17, 15) is 5.26 Å². The molecule has 12 heteroatoms. The Labute approximate surface area is 262 Å². The zero-order valence-corrected chi connectivity index (χ0v) is 26.8. The third kappa shape index (κ3) is 4.75. The maximum Gasteiger partial charge on any atom is 0.219 e. The first-order valence-electron chi connectivity index (χ1n) is 15.8. The van der Waals surface area contributed by atoms with Gasteiger partial charge in [-0.15, -0.1) is 11.3 Å². The lowest BCUT2D eigenvalue weighted by molar-refractivity contribution is 0.117. The number of nitrogens with two attached hydrogens (primary N) is 1. The second kappa shape index (κ2) is 11.3. The number of thiophene rings is 1. The largest absolute Gasteiger partial charge is 0.473 e. The number of nitriles is 1. The number of aromatic nitrogens is 3. The summed E-state index contributed by atoms with van der Waals surface area (Å²) >= 11 is 1.53. The van der Waals surface area contributed by atoms with Crippen LogP contribution in [-0.4, -0.2) is 90.1 Å². The third-order valence-corrected chi connectivity index (χ3v) is 11.5. The quantitative estimate of drug-likeness (QED) is 0.420. The lowest BCUT2D eigenvalue weighted by Gasteiger charge is -2.39. The van der Waals surface area contributed by atoms with E-state index in [1.165, 1.54) is 16.2 Å². The molecule has 3 aromatic heterocycles. The molecule has 0 radical (unpaired) electrons. The summed E-state index contributed by atoms with van der Waals surface area (Å²) in [6, 6.07) is 4.30. The first kappa shape index (κ1) is 29.4. The summed E-state index contributed by atoms with van der Waals surface area (Å²) in [5.74, 6) is 2.32. The Kier molecular flexibility index (Phi) is 7.54. The van der Waals surface area contributed by atoms with E-state index < -0.39 is 11.6 Å². The van der Waals surface area contributed by atoms with Crippen LogP contribution in [0.1, 0.15) is 72.8 Å². The lowest BCUT2D eigenvalue weighted by Crippen LogP contribution is -2.38. The summed E-state index contributed by atoms with van der Waals surface area (Å²) in [6.45, 7) is 3.91. The maximum atomic E-state index is 15.1. The lowest BCUT2D eigenvalue weighted by atomic mass is 9.63. The fourth-order valence-electron chi connectivity index (χ4n) is 8.18. The summed E-state index contributed by atoms with van der Waals surface area (Å²) in [4.78, 5) is 17.3. The Morgan fingerprint density at radius 2 is 2.02 bits per heavy atom. The Hall–Kier alpha value is -3.27. The normalized spacial score (nSPS) is 27.5. The van der Waals surface area contributed by atoms with Crippen LogP contribution in [0, 0.1) is 11.3 Å². The molecule has 10 nitrogen and oxygen atoms in total. The molecule has 2 aliphatic heterocycles. The van der Waals surface area contributed by atoms with Gasteiger partial charge in [0.2, 0.25) is 5.88 Å². The van der Waals surface area contributed by atoms with Crippen molar-refractivity contribution in [2.24, 2.45) is 0 Å². The molecule has 4 aliphatic rings. The number of rotatable bonds is 6. The first-order valence-corrected chi connectivity index (χ1v) is 16.6. The number of halogens is 1. The minimum absolute atomic E-state index is 0.0799. The van der Waals surface area contributed by atoms with E-state index in [-0.39, 0.29) is 18.7 Å². The van der Waals surface area contributed by atoms with Crippen LogP contribution >= 0.6 is 11.3 Å². The van der Waals surface area contributed by atoms with Gasteiger partial charge in [0.05, 0.1) is 23.6 Å². The molecule has 1 spiro atoms. The summed E-state index contributed by atoms with van der Waals surface area (Å²) in [7, 11) is 5.95. The van der Waals surface area contributed by atoms with E-state index in [1.807, 2.05) is 30.0 Å². The SMILES string of the molecule is C[C@H](Oc1cc(N2C[C@@H](N(C)C)[C@@H](F)C2)nc(-c2noc3c2CCC[C@@]32CCCc3sc(N)c(C#N)c32)n1)[C@@H]1CCCN1C. The summed E-state index contributed by atoms with van der Waals surface area (Å²) in [5.41, 5.74) is 9.12. The van der Waals surface area contributed by atoms with Crippen molar-refractivity contribution in [1.29, 1.82) is 5.26 Å². The number of alkyl halides is 1. The standard InChI is InChI=1S/C32H41FN8O2S/c1-18(22-9-7-13-40(22)4)42-26-14-25(41-16-21(33)23(17-41)39(2)3)36-31(37-26)28-19-8-5-11-32(29(19)43-38-28)12-6-10-24-27(32)20(15-34)30(35)44-24/h14,18,21-23H,5-13,16-17,35H2,1-4H3/t18-,21-,22-,23+,32-/m0/s1. The Morgan fingerprint density at radius 3 is 2.73 bits per heavy atom.